The molecule has 1 fully saturated rings. The third-order valence-electron chi connectivity index (χ3n) is 9.04. The molecule has 2 heterocycles. The summed E-state index contributed by atoms with van der Waals surface area (Å²) in [6, 6.07) is 14.4. The van der Waals surface area contributed by atoms with E-state index in [4.69, 9.17) is 19.2 Å². The summed E-state index contributed by atoms with van der Waals surface area (Å²) in [4.78, 5) is 46.3. The molecule has 3 aromatic carbocycles. The first kappa shape index (κ1) is 30.9. The van der Waals surface area contributed by atoms with Gasteiger partial charge in [0.25, 0.3) is 0 Å². The highest BCUT2D eigenvalue weighted by molar-refractivity contribution is 5.85. The van der Waals surface area contributed by atoms with Crippen LogP contribution in [0.25, 0.3) is 22.2 Å². The summed E-state index contributed by atoms with van der Waals surface area (Å²) in [6.45, 7) is 2.03. The summed E-state index contributed by atoms with van der Waals surface area (Å²) >= 11 is 0. The number of methoxy groups -OCH3 is 3. The zero-order valence-electron chi connectivity index (χ0n) is 26.8. The van der Waals surface area contributed by atoms with Crippen LogP contribution in [-0.2, 0) is 23.1 Å². The molecular weight excluding hydrogens is 586 g/mol. The summed E-state index contributed by atoms with van der Waals surface area (Å²) in [5.74, 6) is 1.99. The maximum Gasteiger partial charge on any atom is 0.242 e. The Labute approximate surface area is 267 Å². The number of benzene rings is 2. The molecule has 0 saturated carbocycles. The van der Waals surface area contributed by atoms with Crippen LogP contribution in [0.1, 0.15) is 55.2 Å². The normalized spacial score (nSPS) is 17.1. The average molecular weight is 626 g/mol. The molecule has 1 aromatic heterocycles. The van der Waals surface area contributed by atoms with E-state index in [1.807, 2.05) is 48.3 Å². The Morgan fingerprint density at radius 3 is 2.50 bits per heavy atom. The highest BCUT2D eigenvalue weighted by Crippen LogP contribution is 2.50. The minimum atomic E-state index is -0.421. The van der Waals surface area contributed by atoms with Gasteiger partial charge in [-0.3, -0.25) is 14.4 Å². The Balaban J connectivity index is 1.34. The van der Waals surface area contributed by atoms with Crippen molar-refractivity contribution in [1.82, 2.24) is 19.8 Å². The van der Waals surface area contributed by atoms with Gasteiger partial charge in [0, 0.05) is 26.1 Å². The first-order chi connectivity index (χ1) is 22.2. The minimum Gasteiger partial charge on any atom is -0.493 e. The second-order valence-electron chi connectivity index (χ2n) is 11.7. The monoisotopic (exact) mass is 625 g/mol. The maximum absolute atomic E-state index is 13.7. The van der Waals surface area contributed by atoms with Gasteiger partial charge in [0.15, 0.2) is 11.5 Å². The van der Waals surface area contributed by atoms with E-state index in [-0.39, 0.29) is 35.5 Å². The Hall–Kier alpha value is -5.06. The molecule has 0 spiro atoms. The van der Waals surface area contributed by atoms with E-state index in [0.717, 1.165) is 46.4 Å². The van der Waals surface area contributed by atoms with Gasteiger partial charge in [-0.15, -0.1) is 0 Å². The highest BCUT2D eigenvalue weighted by atomic mass is 16.5. The second-order valence-corrected chi connectivity index (χ2v) is 11.7. The molecule has 2 aliphatic rings. The maximum atomic E-state index is 13.7. The van der Waals surface area contributed by atoms with Gasteiger partial charge in [-0.25, -0.2) is 4.98 Å². The molecule has 46 heavy (non-hydrogen) atoms. The van der Waals surface area contributed by atoms with E-state index in [9.17, 15) is 14.4 Å². The third kappa shape index (κ3) is 5.50. The van der Waals surface area contributed by atoms with Crippen molar-refractivity contribution in [3.05, 3.63) is 75.7 Å². The van der Waals surface area contributed by atoms with Crippen LogP contribution < -0.4 is 30.3 Å². The fraction of sp³-hybridized carbons (Fsp3) is 0.371. The lowest BCUT2D eigenvalue weighted by atomic mass is 9.95. The molecule has 0 radical (unpaired) electrons. The van der Waals surface area contributed by atoms with Crippen LogP contribution in [0.4, 0.5) is 5.69 Å². The van der Waals surface area contributed by atoms with Gasteiger partial charge in [-0.1, -0.05) is 18.2 Å². The standard InChI is InChI=1S/C35H39N5O6/c1-20(41)37-24-14-12-21-17-30(44-3)33(45-4)34(46-5)32(21)22-13-15-26(29(42)18-23(22)24)36-19-31(43)40-16-8-11-28(40)35-38-25-9-6-7-10-27(25)39(35)2/h6-7,9-10,13,15,17-18,24,28H,8,11-12,14,16,19H2,1-5H3,(H,36,42)(H,37,41). The lowest BCUT2D eigenvalue weighted by Gasteiger charge is -2.24. The number of carbonyl (C=O) groups excluding carboxylic acids is 2. The van der Waals surface area contributed by atoms with Crippen LogP contribution in [0.15, 0.2) is 53.3 Å². The van der Waals surface area contributed by atoms with Gasteiger partial charge >= 0.3 is 0 Å². The van der Waals surface area contributed by atoms with Crippen LogP contribution in [0.3, 0.4) is 0 Å². The predicted octanol–water partition coefficient (Wildman–Crippen LogP) is 4.53. The number of nitrogens with zero attached hydrogens (tertiary/aromatic N) is 3. The molecule has 1 saturated heterocycles. The number of rotatable bonds is 8. The van der Waals surface area contributed by atoms with Gasteiger partial charge in [0.05, 0.1) is 56.7 Å². The largest absolute Gasteiger partial charge is 0.493 e. The molecule has 2 atom stereocenters. The molecule has 11 nitrogen and oxygen atoms in total. The van der Waals surface area contributed by atoms with Gasteiger partial charge in [-0.2, -0.15) is 0 Å². The summed E-state index contributed by atoms with van der Waals surface area (Å²) in [6.07, 6.45) is 2.86. The van der Waals surface area contributed by atoms with Crippen LogP contribution in [0.5, 0.6) is 17.2 Å². The van der Waals surface area contributed by atoms with Gasteiger partial charge in [0.2, 0.25) is 23.0 Å². The number of aryl methyl sites for hydroxylation is 2. The van der Waals surface area contributed by atoms with Gasteiger partial charge in [-0.05, 0) is 72.7 Å². The number of para-hydroxylation sites is 2. The Kier molecular flexibility index (Phi) is 8.57. The number of imidazole rings is 1. The molecule has 1 aliphatic heterocycles. The number of carbonyl (C=O) groups is 2. The quantitative estimate of drug-likeness (QED) is 0.293. The SMILES string of the molecule is COc1cc2c(c(OC)c1OC)-c1ccc(NCC(=O)N3CCCC3c3nc4ccccc4n3C)c(=O)cc1C(NC(C)=O)CC2. The van der Waals surface area contributed by atoms with E-state index in [1.165, 1.54) is 6.92 Å². The van der Waals surface area contributed by atoms with Crippen molar-refractivity contribution in [2.24, 2.45) is 7.05 Å². The molecule has 4 aromatic rings. The number of amides is 2. The second kappa shape index (κ2) is 12.7. The van der Waals surface area contributed by atoms with E-state index >= 15 is 0 Å². The van der Waals surface area contributed by atoms with Crippen molar-refractivity contribution in [3.8, 4) is 28.4 Å². The van der Waals surface area contributed by atoms with E-state index in [0.29, 0.717) is 42.2 Å². The molecule has 11 heteroatoms. The molecule has 2 unspecified atom stereocenters. The van der Waals surface area contributed by atoms with Crippen LogP contribution in [-0.4, -0.2) is 60.7 Å². The number of hydrogen-bond donors (Lipinski definition) is 2. The first-order valence-electron chi connectivity index (χ1n) is 15.5. The Morgan fingerprint density at radius 2 is 1.78 bits per heavy atom. The Bertz CT molecular complexity index is 1890. The van der Waals surface area contributed by atoms with Crippen LogP contribution in [0, 0.1) is 0 Å². The molecule has 0 bridgehead atoms. The van der Waals surface area contributed by atoms with Gasteiger partial charge < -0.3 is 34.3 Å². The molecule has 2 N–H and O–H groups in total. The zero-order valence-corrected chi connectivity index (χ0v) is 26.8. The van der Waals surface area contributed by atoms with Crippen molar-refractivity contribution in [1.29, 1.82) is 0 Å². The highest BCUT2D eigenvalue weighted by Gasteiger charge is 2.33. The molecule has 2 amide bonds. The average Bonchev–Trinajstić information content (AvgIpc) is 3.59. The lowest BCUT2D eigenvalue weighted by molar-refractivity contribution is -0.130. The molecule has 6 rings (SSSR count). The fourth-order valence-corrected chi connectivity index (χ4v) is 6.92. The summed E-state index contributed by atoms with van der Waals surface area (Å²) in [5.41, 5.74) is 5.00. The number of aromatic nitrogens is 2. The van der Waals surface area contributed by atoms with Crippen molar-refractivity contribution in [2.75, 3.05) is 39.7 Å². The van der Waals surface area contributed by atoms with Crippen LogP contribution >= 0.6 is 0 Å². The van der Waals surface area contributed by atoms with Crippen molar-refractivity contribution in [2.45, 2.75) is 44.7 Å². The van der Waals surface area contributed by atoms with E-state index in [1.54, 1.807) is 33.5 Å². The first-order valence-corrected chi connectivity index (χ1v) is 15.5. The van der Waals surface area contributed by atoms with Crippen molar-refractivity contribution >= 4 is 28.5 Å². The topological polar surface area (TPSA) is 124 Å². The molecule has 1 aliphatic carbocycles. The fourth-order valence-electron chi connectivity index (χ4n) is 6.92. The number of likely N-dealkylation sites (tertiary alicyclic amines) is 1. The zero-order chi connectivity index (χ0) is 32.5. The Morgan fingerprint density at radius 1 is 1.00 bits per heavy atom. The smallest absolute Gasteiger partial charge is 0.242 e. The number of nitrogens with one attached hydrogen (secondary N) is 2. The number of hydrogen-bond acceptors (Lipinski definition) is 8. The number of anilines is 1. The van der Waals surface area contributed by atoms with Crippen molar-refractivity contribution in [3.63, 3.8) is 0 Å². The third-order valence-corrected chi connectivity index (χ3v) is 9.04. The summed E-state index contributed by atoms with van der Waals surface area (Å²) < 4.78 is 19.2. The van der Waals surface area contributed by atoms with Crippen molar-refractivity contribution < 1.29 is 23.8 Å². The summed E-state index contributed by atoms with van der Waals surface area (Å²) in [5, 5.41) is 6.14. The molecule has 240 valence electrons. The van der Waals surface area contributed by atoms with Gasteiger partial charge in [0.1, 0.15) is 5.82 Å². The summed E-state index contributed by atoms with van der Waals surface area (Å²) in [7, 11) is 6.66. The van der Waals surface area contributed by atoms with Crippen LogP contribution in [0.2, 0.25) is 0 Å². The van der Waals surface area contributed by atoms with E-state index in [2.05, 4.69) is 15.2 Å². The lowest BCUT2D eigenvalue weighted by Crippen LogP contribution is -2.36. The molecular formula is C35H39N5O6. The number of ether oxygens (including phenoxy) is 3. The minimum absolute atomic E-state index is 0.0512. The number of fused-ring (bicyclic) bond motifs is 4. The predicted molar refractivity (Wildman–Crippen MR) is 176 cm³/mol. The van der Waals surface area contributed by atoms with E-state index < -0.39 is 6.04 Å².